The van der Waals surface area contributed by atoms with Gasteiger partial charge in [0.25, 0.3) is 0 Å². The molecule has 0 aromatic heterocycles. The van der Waals surface area contributed by atoms with E-state index in [-0.39, 0.29) is 17.4 Å². The van der Waals surface area contributed by atoms with Crippen LogP contribution in [0.3, 0.4) is 0 Å². The molecule has 4 aliphatic carbocycles. The molecule has 1 unspecified atom stereocenters. The average Bonchev–Trinajstić information content (AvgIpc) is 3.08. The van der Waals surface area contributed by atoms with E-state index in [1.165, 1.54) is 38.5 Å². The van der Waals surface area contributed by atoms with Gasteiger partial charge in [-0.1, -0.05) is 67.0 Å². The quantitative estimate of drug-likeness (QED) is 0.413. The lowest BCUT2D eigenvalue weighted by Crippen LogP contribution is -2.51. The predicted molar refractivity (Wildman–Crippen MR) is 139 cm³/mol. The molecule has 2 N–H and O–H groups in total. The number of fused-ring (bicyclic) bond motifs is 5. The van der Waals surface area contributed by atoms with Crippen LogP contribution in [0.15, 0.2) is 11.6 Å². The Labute approximate surface area is 205 Å². The van der Waals surface area contributed by atoms with E-state index >= 15 is 0 Å². The van der Waals surface area contributed by atoms with Gasteiger partial charge in [-0.3, -0.25) is 0 Å². The average molecular weight is 459 g/mol. The van der Waals surface area contributed by atoms with Crippen LogP contribution in [0.2, 0.25) is 0 Å². The fourth-order valence-electron chi connectivity index (χ4n) is 9.80. The Morgan fingerprint density at radius 2 is 1.70 bits per heavy atom. The largest absolute Gasteiger partial charge is 0.393 e. The van der Waals surface area contributed by atoms with Crippen LogP contribution in [0, 0.1) is 51.8 Å². The number of hydrogen-bond acceptors (Lipinski definition) is 2. The molecule has 0 amide bonds. The smallest absolute Gasteiger partial charge is 0.0718 e. The van der Waals surface area contributed by atoms with Gasteiger partial charge in [0, 0.05) is 0 Å². The Balaban J connectivity index is 1.49. The van der Waals surface area contributed by atoms with E-state index in [9.17, 15) is 10.2 Å². The minimum absolute atomic E-state index is 0.0871. The van der Waals surface area contributed by atoms with Crippen molar-refractivity contribution in [1.82, 2.24) is 0 Å². The van der Waals surface area contributed by atoms with E-state index in [0.29, 0.717) is 16.7 Å². The molecule has 4 rings (SSSR count). The second kappa shape index (κ2) is 8.65. The van der Waals surface area contributed by atoms with Gasteiger partial charge in [-0.15, -0.1) is 0 Å². The highest BCUT2D eigenvalue weighted by Crippen LogP contribution is 2.67. The van der Waals surface area contributed by atoms with Gasteiger partial charge in [-0.25, -0.2) is 0 Å². The van der Waals surface area contributed by atoms with Crippen LogP contribution in [0.4, 0.5) is 0 Å². The van der Waals surface area contributed by atoms with E-state index < -0.39 is 5.60 Å². The fraction of sp³-hybridized carbons (Fsp3) is 0.935. The summed E-state index contributed by atoms with van der Waals surface area (Å²) in [5.74, 6) is 4.28. The molecule has 0 aliphatic heterocycles. The third kappa shape index (κ3) is 4.08. The van der Waals surface area contributed by atoms with Crippen LogP contribution in [0.1, 0.15) is 120 Å². The summed E-state index contributed by atoms with van der Waals surface area (Å²) in [6, 6.07) is 0. The number of hydrogen-bond donors (Lipinski definition) is 2. The molecule has 0 bridgehead atoms. The summed E-state index contributed by atoms with van der Waals surface area (Å²) in [5, 5.41) is 21.9. The zero-order valence-electron chi connectivity index (χ0n) is 23.1. The van der Waals surface area contributed by atoms with Gasteiger partial charge >= 0.3 is 0 Å². The summed E-state index contributed by atoms with van der Waals surface area (Å²) >= 11 is 0. The Morgan fingerprint density at radius 3 is 2.33 bits per heavy atom. The molecule has 33 heavy (non-hydrogen) atoms. The summed E-state index contributed by atoms with van der Waals surface area (Å²) in [6.45, 7) is 18.7. The normalized spacial score (nSPS) is 43.8. The molecule has 0 heterocycles. The van der Waals surface area contributed by atoms with Gasteiger partial charge in [0.15, 0.2) is 0 Å². The molecule has 190 valence electrons. The Kier molecular flexibility index (Phi) is 6.75. The molecule has 3 fully saturated rings. The van der Waals surface area contributed by atoms with Gasteiger partial charge in [0.05, 0.1) is 11.7 Å². The van der Waals surface area contributed by atoms with Crippen molar-refractivity contribution in [2.75, 3.05) is 0 Å². The van der Waals surface area contributed by atoms with E-state index in [4.69, 9.17) is 0 Å². The number of rotatable bonds is 5. The molecule has 9 atom stereocenters. The lowest BCUT2D eigenvalue weighted by molar-refractivity contribution is -0.107. The van der Waals surface area contributed by atoms with Crippen molar-refractivity contribution in [3.05, 3.63) is 11.6 Å². The molecule has 2 nitrogen and oxygen atoms in total. The molecular weight excluding hydrogens is 404 g/mol. The van der Waals surface area contributed by atoms with Crippen molar-refractivity contribution in [2.45, 2.75) is 131 Å². The Hall–Kier alpha value is -0.340. The Bertz CT molecular complexity index is 747. The first-order valence-electron chi connectivity index (χ1n) is 14.3. The first-order valence-corrected chi connectivity index (χ1v) is 14.3. The topological polar surface area (TPSA) is 40.5 Å². The monoisotopic (exact) mass is 458 g/mol. The van der Waals surface area contributed by atoms with Crippen molar-refractivity contribution < 1.29 is 10.2 Å². The summed E-state index contributed by atoms with van der Waals surface area (Å²) in [5.41, 5.74) is 1.71. The van der Waals surface area contributed by atoms with Crippen molar-refractivity contribution in [3.8, 4) is 0 Å². The third-order valence-electron chi connectivity index (χ3n) is 12.1. The minimum atomic E-state index is -0.595. The molecule has 0 saturated heterocycles. The van der Waals surface area contributed by atoms with Gasteiger partial charge in [0.2, 0.25) is 0 Å². The lowest BCUT2D eigenvalue weighted by atomic mass is 9.47. The van der Waals surface area contributed by atoms with Crippen molar-refractivity contribution >= 4 is 0 Å². The van der Waals surface area contributed by atoms with Crippen LogP contribution in [-0.4, -0.2) is 21.9 Å². The van der Waals surface area contributed by atoms with Crippen molar-refractivity contribution in [2.24, 2.45) is 51.8 Å². The molecule has 0 spiro atoms. The van der Waals surface area contributed by atoms with E-state index in [1.807, 2.05) is 0 Å². The summed E-state index contributed by atoms with van der Waals surface area (Å²) in [6.07, 6.45) is 14.4. The van der Waals surface area contributed by atoms with Crippen LogP contribution in [0.5, 0.6) is 0 Å². The standard InChI is InChI=1S/C31H54O2/c1-20(2)31(33,28(4,5)6)18-13-21(3)25-11-12-26-24-10-9-22-19-23(32)14-16-29(22,7)27(24)15-17-30(25,26)8/h9,20-21,23-27,32-33H,10-19H2,1-8H3/t21-,23+,24+,25-,26+,27+,29+,30-,31?/m1/s1. The summed E-state index contributed by atoms with van der Waals surface area (Å²) in [4.78, 5) is 0. The molecule has 3 saturated carbocycles. The minimum Gasteiger partial charge on any atom is -0.393 e. The zero-order chi connectivity index (χ0) is 24.4. The van der Waals surface area contributed by atoms with Crippen molar-refractivity contribution in [1.29, 1.82) is 0 Å². The number of aliphatic hydroxyl groups excluding tert-OH is 1. The lowest BCUT2D eigenvalue weighted by Gasteiger charge is -2.58. The molecule has 2 heteroatoms. The summed E-state index contributed by atoms with van der Waals surface area (Å²) in [7, 11) is 0. The van der Waals surface area contributed by atoms with Gasteiger partial charge in [0.1, 0.15) is 0 Å². The SMILES string of the molecule is CC(C)C(O)(CC[C@@H](C)[C@H]1CC[C@H]2[C@@H]3CC=C4C[C@@H](O)CC[C@]4(C)[C@H]3CC[C@]12C)C(C)(C)C. The number of aliphatic hydroxyl groups is 2. The van der Waals surface area contributed by atoms with E-state index in [1.54, 1.807) is 5.57 Å². The molecule has 4 aliphatic rings. The first-order chi connectivity index (χ1) is 15.2. The second-order valence-corrected chi connectivity index (χ2v) is 14.7. The van der Waals surface area contributed by atoms with Gasteiger partial charge < -0.3 is 10.2 Å². The van der Waals surface area contributed by atoms with Crippen molar-refractivity contribution in [3.63, 3.8) is 0 Å². The van der Waals surface area contributed by atoms with E-state index in [2.05, 4.69) is 61.5 Å². The molecular formula is C31H54O2. The van der Waals surface area contributed by atoms with Crippen LogP contribution in [-0.2, 0) is 0 Å². The van der Waals surface area contributed by atoms with Gasteiger partial charge in [-0.05, 0) is 116 Å². The maximum Gasteiger partial charge on any atom is 0.0718 e. The maximum atomic E-state index is 11.6. The first kappa shape index (κ1) is 25.7. The molecule has 0 radical (unpaired) electrons. The Morgan fingerprint density at radius 1 is 1.00 bits per heavy atom. The van der Waals surface area contributed by atoms with Gasteiger partial charge in [-0.2, -0.15) is 0 Å². The predicted octanol–water partition coefficient (Wildman–Crippen LogP) is 7.78. The van der Waals surface area contributed by atoms with Crippen LogP contribution >= 0.6 is 0 Å². The summed E-state index contributed by atoms with van der Waals surface area (Å²) < 4.78 is 0. The highest BCUT2D eigenvalue weighted by molar-refractivity contribution is 5.25. The highest BCUT2D eigenvalue weighted by Gasteiger charge is 2.59. The third-order valence-corrected chi connectivity index (χ3v) is 12.1. The van der Waals surface area contributed by atoms with Crippen LogP contribution < -0.4 is 0 Å². The highest BCUT2D eigenvalue weighted by atomic mass is 16.3. The molecule has 0 aromatic carbocycles. The maximum absolute atomic E-state index is 11.6. The zero-order valence-corrected chi connectivity index (χ0v) is 23.1. The second-order valence-electron chi connectivity index (χ2n) is 14.7. The van der Waals surface area contributed by atoms with E-state index in [0.717, 1.165) is 49.4 Å². The fourth-order valence-corrected chi connectivity index (χ4v) is 9.80. The number of allylic oxidation sites excluding steroid dienone is 1. The molecule has 0 aromatic rings. The van der Waals surface area contributed by atoms with Crippen LogP contribution in [0.25, 0.3) is 0 Å².